The van der Waals surface area contributed by atoms with E-state index in [1.54, 1.807) is 6.07 Å². The van der Waals surface area contributed by atoms with E-state index in [1.807, 2.05) is 0 Å². The van der Waals surface area contributed by atoms with Gasteiger partial charge in [-0.15, -0.1) is 0 Å². The van der Waals surface area contributed by atoms with Gasteiger partial charge in [0.2, 0.25) is 15.9 Å². The number of benzene rings is 1. The third-order valence-corrected chi connectivity index (χ3v) is 7.22. The summed E-state index contributed by atoms with van der Waals surface area (Å²) in [5.74, 6) is 0.468. The first-order valence-corrected chi connectivity index (χ1v) is 14.5. The van der Waals surface area contributed by atoms with Crippen LogP contribution >= 0.6 is 0 Å². The van der Waals surface area contributed by atoms with Crippen LogP contribution in [0.25, 0.3) is 0 Å². The molecule has 0 atom stereocenters. The molecule has 34 heavy (non-hydrogen) atoms. The monoisotopic (exact) mass is 498 g/mol. The van der Waals surface area contributed by atoms with Gasteiger partial charge in [0.15, 0.2) is 0 Å². The molecule has 1 aromatic rings. The summed E-state index contributed by atoms with van der Waals surface area (Å²) in [6, 6.07) is 3.07. The van der Waals surface area contributed by atoms with Crippen LogP contribution in [0.2, 0.25) is 0 Å². The maximum absolute atomic E-state index is 12.6. The van der Waals surface area contributed by atoms with Crippen LogP contribution in [0, 0.1) is 0 Å². The highest BCUT2D eigenvalue weighted by atomic mass is 32.2. The van der Waals surface area contributed by atoms with Gasteiger partial charge in [-0.25, -0.2) is 8.42 Å². The van der Waals surface area contributed by atoms with Crippen molar-refractivity contribution < 1.29 is 22.7 Å². The van der Waals surface area contributed by atoms with E-state index in [0.29, 0.717) is 29.3 Å². The smallest absolute Gasteiger partial charge is 0.232 e. The highest BCUT2D eigenvalue weighted by molar-refractivity contribution is 7.92. The molecular weight excluding hydrogens is 452 g/mol. The zero-order valence-electron chi connectivity index (χ0n) is 21.7. The number of rotatable bonds is 20. The third-order valence-electron chi connectivity index (χ3n) is 5.86. The Labute approximate surface area is 207 Å². The largest absolute Gasteiger partial charge is 0.494 e. The minimum atomic E-state index is -3.52. The van der Waals surface area contributed by atoms with Gasteiger partial charge in [0.05, 0.1) is 31.3 Å². The van der Waals surface area contributed by atoms with Gasteiger partial charge in [-0.1, -0.05) is 90.4 Å². The average Bonchev–Trinajstić information content (AvgIpc) is 2.79. The van der Waals surface area contributed by atoms with Gasteiger partial charge in [0.25, 0.3) is 0 Å². The molecule has 0 aliphatic carbocycles. The molecule has 2 N–H and O–H groups in total. The molecule has 0 saturated heterocycles. The van der Waals surface area contributed by atoms with Crippen molar-refractivity contribution in [3.05, 3.63) is 12.1 Å². The van der Waals surface area contributed by atoms with Crippen molar-refractivity contribution in [2.75, 3.05) is 30.0 Å². The number of methoxy groups -OCH3 is 2. The number of ether oxygens (including phenoxy) is 2. The number of carbonyl (C=O) groups is 1. The van der Waals surface area contributed by atoms with E-state index in [1.165, 1.54) is 97.8 Å². The van der Waals surface area contributed by atoms with Crippen LogP contribution in [0.3, 0.4) is 0 Å². The molecule has 0 saturated carbocycles. The van der Waals surface area contributed by atoms with Crippen molar-refractivity contribution in [3.63, 3.8) is 0 Å². The third kappa shape index (κ3) is 13.1. The summed E-state index contributed by atoms with van der Waals surface area (Å²) in [6.45, 7) is 3.64. The summed E-state index contributed by atoms with van der Waals surface area (Å²) in [5.41, 5.74) is 0.709. The number of hydrogen-bond acceptors (Lipinski definition) is 5. The van der Waals surface area contributed by atoms with E-state index in [4.69, 9.17) is 9.47 Å². The van der Waals surface area contributed by atoms with E-state index in [9.17, 15) is 13.2 Å². The molecule has 196 valence electrons. The van der Waals surface area contributed by atoms with Gasteiger partial charge >= 0.3 is 0 Å². The predicted molar refractivity (Wildman–Crippen MR) is 142 cm³/mol. The van der Waals surface area contributed by atoms with Crippen LogP contribution in [-0.4, -0.2) is 34.3 Å². The molecule has 0 aromatic heterocycles. The maximum Gasteiger partial charge on any atom is 0.232 e. The SMILES string of the molecule is CCCCCCCCCCCCCCCCS(=O)(=O)Nc1cc(OC)c(NC(C)=O)cc1OC. The molecule has 0 unspecified atom stereocenters. The average molecular weight is 499 g/mol. The molecule has 0 aliphatic heterocycles. The minimum absolute atomic E-state index is 0.0595. The number of anilines is 2. The lowest BCUT2D eigenvalue weighted by Crippen LogP contribution is -2.17. The Morgan fingerprint density at radius 1 is 0.735 bits per heavy atom. The molecule has 1 aromatic carbocycles. The first-order chi connectivity index (χ1) is 16.3. The summed E-state index contributed by atoms with van der Waals surface area (Å²) in [6.07, 6.45) is 17.1. The molecule has 8 heteroatoms. The summed E-state index contributed by atoms with van der Waals surface area (Å²) < 4.78 is 38.3. The zero-order valence-corrected chi connectivity index (χ0v) is 22.5. The lowest BCUT2D eigenvalue weighted by Gasteiger charge is -2.16. The maximum atomic E-state index is 12.6. The van der Waals surface area contributed by atoms with Gasteiger partial charge in [-0.2, -0.15) is 0 Å². The molecule has 7 nitrogen and oxygen atoms in total. The van der Waals surface area contributed by atoms with E-state index >= 15 is 0 Å². The van der Waals surface area contributed by atoms with Crippen molar-refractivity contribution in [2.45, 2.75) is 104 Å². The van der Waals surface area contributed by atoms with Crippen LogP contribution in [0.4, 0.5) is 11.4 Å². The Balaban J connectivity index is 2.29. The quantitative estimate of drug-likeness (QED) is 0.191. The van der Waals surface area contributed by atoms with Crippen molar-refractivity contribution in [1.29, 1.82) is 0 Å². The number of unbranched alkanes of at least 4 members (excludes halogenated alkanes) is 13. The fourth-order valence-electron chi connectivity index (χ4n) is 3.97. The molecule has 1 amide bonds. The molecule has 0 spiro atoms. The normalized spacial score (nSPS) is 11.3. The summed E-state index contributed by atoms with van der Waals surface area (Å²) >= 11 is 0. The van der Waals surface area contributed by atoms with Gasteiger partial charge in [0.1, 0.15) is 11.5 Å². The fourth-order valence-corrected chi connectivity index (χ4v) is 5.15. The van der Waals surface area contributed by atoms with Crippen molar-refractivity contribution in [3.8, 4) is 11.5 Å². The molecule has 0 heterocycles. The summed E-state index contributed by atoms with van der Waals surface area (Å²) in [7, 11) is -0.610. The van der Waals surface area contributed by atoms with E-state index < -0.39 is 10.0 Å². The summed E-state index contributed by atoms with van der Waals surface area (Å²) in [4.78, 5) is 11.4. The number of hydrogen-bond donors (Lipinski definition) is 2. The molecule has 0 bridgehead atoms. The molecular formula is C26H46N2O5S. The van der Waals surface area contributed by atoms with Crippen LogP contribution in [-0.2, 0) is 14.8 Å². The Morgan fingerprint density at radius 3 is 1.59 bits per heavy atom. The number of amides is 1. The molecule has 0 radical (unpaired) electrons. The van der Waals surface area contributed by atoms with Crippen LogP contribution < -0.4 is 19.5 Å². The van der Waals surface area contributed by atoms with Crippen molar-refractivity contribution in [1.82, 2.24) is 0 Å². The van der Waals surface area contributed by atoms with Crippen LogP contribution in [0.1, 0.15) is 104 Å². The highest BCUT2D eigenvalue weighted by Gasteiger charge is 2.17. The van der Waals surface area contributed by atoms with Crippen molar-refractivity contribution >= 4 is 27.3 Å². The van der Waals surface area contributed by atoms with Gasteiger partial charge in [-0.05, 0) is 6.42 Å². The molecule has 0 fully saturated rings. The standard InChI is InChI=1S/C26H46N2O5S/c1-5-6-7-8-9-10-11-12-13-14-15-16-17-18-19-34(30,31)28-24-21-25(32-3)23(27-22(2)29)20-26(24)33-4/h20-21,28H,5-19H2,1-4H3,(H,27,29). The van der Waals surface area contributed by atoms with Gasteiger partial charge in [-0.3, -0.25) is 9.52 Å². The topological polar surface area (TPSA) is 93.7 Å². The fraction of sp³-hybridized carbons (Fsp3) is 0.731. The van der Waals surface area contributed by atoms with Crippen LogP contribution in [0.15, 0.2) is 12.1 Å². The minimum Gasteiger partial charge on any atom is -0.494 e. The lowest BCUT2D eigenvalue weighted by atomic mass is 10.0. The second-order valence-corrected chi connectivity index (χ2v) is 10.8. The van der Waals surface area contributed by atoms with E-state index in [-0.39, 0.29) is 11.7 Å². The summed E-state index contributed by atoms with van der Waals surface area (Å²) in [5, 5.41) is 2.65. The lowest BCUT2D eigenvalue weighted by molar-refractivity contribution is -0.114. The molecule has 1 rings (SSSR count). The highest BCUT2D eigenvalue weighted by Crippen LogP contribution is 2.37. The number of sulfonamides is 1. The Bertz CT molecular complexity index is 812. The Hall–Kier alpha value is -1.96. The first kappa shape index (κ1) is 30.1. The van der Waals surface area contributed by atoms with Gasteiger partial charge in [0, 0.05) is 19.1 Å². The van der Waals surface area contributed by atoms with E-state index in [2.05, 4.69) is 17.0 Å². The second-order valence-electron chi connectivity index (χ2n) is 8.95. The van der Waals surface area contributed by atoms with Gasteiger partial charge < -0.3 is 14.8 Å². The number of carbonyl (C=O) groups excluding carboxylic acids is 1. The second kappa shape index (κ2) is 17.5. The Kier molecular flexibility index (Phi) is 15.5. The van der Waals surface area contributed by atoms with Crippen molar-refractivity contribution in [2.24, 2.45) is 0 Å². The van der Waals surface area contributed by atoms with Crippen LogP contribution in [0.5, 0.6) is 11.5 Å². The van der Waals surface area contributed by atoms with E-state index in [0.717, 1.165) is 12.8 Å². The number of nitrogens with one attached hydrogen (secondary N) is 2. The first-order valence-electron chi connectivity index (χ1n) is 12.9. The zero-order chi connectivity index (χ0) is 25.2. The molecule has 0 aliphatic rings. The Morgan fingerprint density at radius 2 is 1.15 bits per heavy atom. The predicted octanol–water partition coefficient (Wildman–Crippen LogP) is 6.89.